The predicted octanol–water partition coefficient (Wildman–Crippen LogP) is 5.07. The van der Waals surface area contributed by atoms with Crippen molar-refractivity contribution in [1.82, 2.24) is 15.0 Å². The first kappa shape index (κ1) is 19.9. The van der Waals surface area contributed by atoms with Crippen LogP contribution in [0, 0.1) is 0 Å². The van der Waals surface area contributed by atoms with Gasteiger partial charge in [0.2, 0.25) is 11.7 Å². The van der Waals surface area contributed by atoms with Gasteiger partial charge in [-0.25, -0.2) is 4.79 Å². The first-order valence-electron chi connectivity index (χ1n) is 10.3. The smallest absolute Gasteiger partial charge is 0.322 e. The molecule has 2 aromatic carbocycles. The number of nitrogens with one attached hydrogen (secondary N) is 1. The summed E-state index contributed by atoms with van der Waals surface area (Å²) in [7, 11) is 1.62. The molecule has 0 aliphatic carbocycles. The van der Waals surface area contributed by atoms with Crippen LogP contribution in [0.25, 0.3) is 11.4 Å². The summed E-state index contributed by atoms with van der Waals surface area (Å²) in [6, 6.07) is 15.1. The molecule has 0 bridgehead atoms. The standard InChI is InChI=1S/C23H26N4O3/c1-3-16-10-12-18(13-11-16)24-23(28)27-14-5-4-9-20(27)22-25-21(26-30-22)17-7-6-8-19(15-17)29-2/h6-8,10-13,15,20H,3-5,9,14H2,1-2H3,(H,24,28)/t20-/m0/s1. The Morgan fingerprint density at radius 1 is 1.23 bits per heavy atom. The van der Waals surface area contributed by atoms with Crippen molar-refractivity contribution in [2.45, 2.75) is 38.6 Å². The lowest BCUT2D eigenvalue weighted by molar-refractivity contribution is 0.142. The van der Waals surface area contributed by atoms with E-state index in [0.717, 1.165) is 42.7 Å². The Hall–Kier alpha value is -3.35. The van der Waals surface area contributed by atoms with E-state index in [-0.39, 0.29) is 12.1 Å². The van der Waals surface area contributed by atoms with Crippen LogP contribution >= 0.6 is 0 Å². The Kier molecular flexibility index (Phi) is 5.97. The van der Waals surface area contributed by atoms with Gasteiger partial charge in [-0.15, -0.1) is 0 Å². The number of aromatic nitrogens is 2. The summed E-state index contributed by atoms with van der Waals surface area (Å²) in [6.45, 7) is 2.76. The summed E-state index contributed by atoms with van der Waals surface area (Å²) in [5.41, 5.74) is 2.83. The Labute approximate surface area is 176 Å². The third-order valence-electron chi connectivity index (χ3n) is 5.43. The Bertz CT molecular complexity index is 1000. The summed E-state index contributed by atoms with van der Waals surface area (Å²) in [6.07, 6.45) is 3.73. The minimum Gasteiger partial charge on any atom is -0.497 e. The number of piperidine rings is 1. The molecule has 2 amide bonds. The lowest BCUT2D eigenvalue weighted by Gasteiger charge is -2.33. The summed E-state index contributed by atoms with van der Waals surface area (Å²) in [5, 5.41) is 7.13. The number of ether oxygens (including phenoxy) is 1. The molecule has 1 fully saturated rings. The van der Waals surface area contributed by atoms with Crippen molar-refractivity contribution in [1.29, 1.82) is 0 Å². The summed E-state index contributed by atoms with van der Waals surface area (Å²) >= 11 is 0. The summed E-state index contributed by atoms with van der Waals surface area (Å²) < 4.78 is 10.8. The molecule has 1 saturated heterocycles. The van der Waals surface area contributed by atoms with Gasteiger partial charge < -0.3 is 19.5 Å². The maximum atomic E-state index is 13.0. The molecule has 7 nitrogen and oxygen atoms in total. The van der Waals surface area contributed by atoms with Crippen molar-refractivity contribution in [2.24, 2.45) is 0 Å². The maximum absolute atomic E-state index is 13.0. The summed E-state index contributed by atoms with van der Waals surface area (Å²) in [4.78, 5) is 19.4. The van der Waals surface area contributed by atoms with Crippen LogP contribution < -0.4 is 10.1 Å². The molecular formula is C23H26N4O3. The number of nitrogens with zero attached hydrogens (tertiary/aromatic N) is 3. The molecule has 7 heteroatoms. The van der Waals surface area contributed by atoms with Gasteiger partial charge in [0, 0.05) is 17.8 Å². The molecule has 3 aromatic rings. The van der Waals surface area contributed by atoms with Gasteiger partial charge in [0.05, 0.1) is 7.11 Å². The molecule has 1 atom stereocenters. The average Bonchev–Trinajstić information content (AvgIpc) is 3.30. The van der Waals surface area contributed by atoms with Gasteiger partial charge in [0.25, 0.3) is 0 Å². The number of amides is 2. The highest BCUT2D eigenvalue weighted by Crippen LogP contribution is 2.32. The van der Waals surface area contributed by atoms with Crippen LogP contribution in [0.1, 0.15) is 43.7 Å². The Morgan fingerprint density at radius 2 is 2.07 bits per heavy atom. The minimum absolute atomic E-state index is 0.148. The number of hydrogen-bond donors (Lipinski definition) is 1. The van der Waals surface area contributed by atoms with E-state index in [9.17, 15) is 4.79 Å². The Morgan fingerprint density at radius 3 is 2.83 bits per heavy atom. The Balaban J connectivity index is 1.52. The number of carbonyl (C=O) groups is 1. The molecular weight excluding hydrogens is 380 g/mol. The molecule has 1 N–H and O–H groups in total. The van der Waals surface area contributed by atoms with E-state index >= 15 is 0 Å². The average molecular weight is 406 g/mol. The number of likely N-dealkylation sites (tertiary alicyclic amines) is 1. The first-order chi connectivity index (χ1) is 14.7. The van der Waals surface area contributed by atoms with E-state index in [1.165, 1.54) is 5.56 Å². The fourth-order valence-corrected chi connectivity index (χ4v) is 3.70. The highest BCUT2D eigenvalue weighted by Gasteiger charge is 2.32. The fourth-order valence-electron chi connectivity index (χ4n) is 3.70. The van der Waals surface area contributed by atoms with Gasteiger partial charge in [-0.2, -0.15) is 4.98 Å². The number of benzene rings is 2. The third kappa shape index (κ3) is 4.30. The first-order valence-corrected chi connectivity index (χ1v) is 10.3. The maximum Gasteiger partial charge on any atom is 0.322 e. The predicted molar refractivity (Wildman–Crippen MR) is 114 cm³/mol. The van der Waals surface area contributed by atoms with Crippen LogP contribution in [0.2, 0.25) is 0 Å². The molecule has 4 rings (SSSR count). The zero-order chi connectivity index (χ0) is 20.9. The van der Waals surface area contributed by atoms with E-state index in [0.29, 0.717) is 18.3 Å². The number of rotatable bonds is 5. The van der Waals surface area contributed by atoms with Gasteiger partial charge in [-0.05, 0) is 55.5 Å². The van der Waals surface area contributed by atoms with E-state index in [4.69, 9.17) is 9.26 Å². The van der Waals surface area contributed by atoms with Crippen molar-refractivity contribution in [3.8, 4) is 17.1 Å². The number of carbonyl (C=O) groups excluding carboxylic acids is 1. The third-order valence-corrected chi connectivity index (χ3v) is 5.43. The van der Waals surface area contributed by atoms with Gasteiger partial charge >= 0.3 is 6.03 Å². The van der Waals surface area contributed by atoms with Crippen LogP contribution in [-0.2, 0) is 6.42 Å². The molecule has 2 heterocycles. The number of urea groups is 1. The molecule has 1 aliphatic heterocycles. The molecule has 0 saturated carbocycles. The normalized spacial score (nSPS) is 16.3. The minimum atomic E-state index is -0.236. The molecule has 30 heavy (non-hydrogen) atoms. The van der Waals surface area contributed by atoms with E-state index in [1.54, 1.807) is 12.0 Å². The molecule has 156 valence electrons. The van der Waals surface area contributed by atoms with Gasteiger partial charge in [0.1, 0.15) is 11.8 Å². The monoisotopic (exact) mass is 406 g/mol. The SMILES string of the molecule is CCc1ccc(NC(=O)N2CCCC[C@H]2c2nc(-c3cccc(OC)c3)no2)cc1. The van der Waals surface area contributed by atoms with E-state index in [2.05, 4.69) is 22.4 Å². The van der Waals surface area contributed by atoms with Crippen molar-refractivity contribution in [2.75, 3.05) is 19.0 Å². The van der Waals surface area contributed by atoms with E-state index in [1.807, 2.05) is 48.5 Å². The fraction of sp³-hybridized carbons (Fsp3) is 0.348. The molecule has 0 radical (unpaired) electrons. The van der Waals surface area contributed by atoms with Crippen molar-refractivity contribution >= 4 is 11.7 Å². The van der Waals surface area contributed by atoms with Crippen LogP contribution in [0.3, 0.4) is 0 Å². The van der Waals surface area contributed by atoms with Crippen molar-refractivity contribution in [3.05, 3.63) is 60.0 Å². The van der Waals surface area contributed by atoms with Gasteiger partial charge in [-0.1, -0.05) is 36.3 Å². The second-order valence-electron chi connectivity index (χ2n) is 7.37. The number of methoxy groups -OCH3 is 1. The lowest BCUT2D eigenvalue weighted by atomic mass is 10.0. The molecule has 0 spiro atoms. The van der Waals surface area contributed by atoms with E-state index < -0.39 is 0 Å². The zero-order valence-electron chi connectivity index (χ0n) is 17.3. The lowest BCUT2D eigenvalue weighted by Crippen LogP contribution is -2.41. The summed E-state index contributed by atoms with van der Waals surface area (Å²) in [5.74, 6) is 1.68. The molecule has 1 aliphatic rings. The van der Waals surface area contributed by atoms with Gasteiger partial charge in [0.15, 0.2) is 0 Å². The van der Waals surface area contributed by atoms with Crippen LogP contribution in [0.4, 0.5) is 10.5 Å². The quantitative estimate of drug-likeness (QED) is 0.640. The highest BCUT2D eigenvalue weighted by atomic mass is 16.5. The van der Waals surface area contributed by atoms with Crippen LogP contribution in [0.5, 0.6) is 5.75 Å². The second kappa shape index (κ2) is 8.98. The van der Waals surface area contributed by atoms with Crippen molar-refractivity contribution in [3.63, 3.8) is 0 Å². The van der Waals surface area contributed by atoms with Crippen LogP contribution in [-0.4, -0.2) is 34.7 Å². The largest absolute Gasteiger partial charge is 0.497 e. The molecule has 0 unspecified atom stereocenters. The number of anilines is 1. The second-order valence-corrected chi connectivity index (χ2v) is 7.37. The van der Waals surface area contributed by atoms with Crippen LogP contribution in [0.15, 0.2) is 53.1 Å². The number of hydrogen-bond acceptors (Lipinski definition) is 5. The number of aryl methyl sites for hydroxylation is 1. The topological polar surface area (TPSA) is 80.5 Å². The van der Waals surface area contributed by atoms with Gasteiger partial charge in [-0.3, -0.25) is 0 Å². The molecule has 1 aromatic heterocycles. The highest BCUT2D eigenvalue weighted by molar-refractivity contribution is 5.89. The zero-order valence-corrected chi connectivity index (χ0v) is 17.3. The van der Waals surface area contributed by atoms with Crippen molar-refractivity contribution < 1.29 is 14.1 Å².